The molecule has 19 heteroatoms. The molecule has 0 heterocycles. The topological polar surface area (TPSA) is 237 Å². The minimum Gasteiger partial charge on any atom is -0.462 e. The molecule has 17 nitrogen and oxygen atoms in total. The number of phosphoric acid groups is 2. The van der Waals surface area contributed by atoms with Crippen molar-refractivity contribution in [3.8, 4) is 0 Å². The summed E-state index contributed by atoms with van der Waals surface area (Å²) < 4.78 is 68.7. The number of carbonyl (C=O) groups is 4. The molecule has 0 spiro atoms. The fraction of sp³-hybridized carbons (Fsp3) is 0.951. The van der Waals surface area contributed by atoms with Gasteiger partial charge in [-0.2, -0.15) is 0 Å². The van der Waals surface area contributed by atoms with Crippen LogP contribution >= 0.6 is 15.6 Å². The lowest BCUT2D eigenvalue weighted by Gasteiger charge is -2.21. The fourth-order valence-corrected chi connectivity index (χ4v) is 14.2. The molecule has 3 unspecified atom stereocenters. The number of unbranched alkanes of at least 4 members (excludes halogenated alkanes) is 47. The standard InChI is InChI=1S/C82H160O17P2/c1-8-10-11-12-13-14-15-16-17-18-19-20-21-26-32-37-42-51-58-65-81(86)98-77(69-92-79(84)63-56-49-41-36-31-25-23-22-24-30-35-40-48-55-62-75(7)9-2)71-96-100(88,89)94-67-76(83)68-95-101(90,91)97-72-78(70-93-80(85)64-57-50-45-44-47-54-61-74(5)6)99-82(87)66-59-52-43-38-33-28-27-29-34-39-46-53-60-73(3)4/h73-78,83H,8-72H2,1-7H3,(H,88,89)(H,90,91)/t75?,76-,77-,78-/m1/s1. The van der Waals surface area contributed by atoms with Crippen LogP contribution in [0.1, 0.15) is 427 Å². The Labute approximate surface area is 619 Å². The number of ether oxygens (including phenoxy) is 4. The lowest BCUT2D eigenvalue weighted by atomic mass is 9.99. The summed E-state index contributed by atoms with van der Waals surface area (Å²) in [7, 11) is -9.92. The van der Waals surface area contributed by atoms with Crippen LogP contribution in [-0.4, -0.2) is 96.7 Å². The molecule has 0 radical (unpaired) electrons. The molecule has 0 aliphatic rings. The van der Waals surface area contributed by atoms with E-state index in [0.29, 0.717) is 31.6 Å². The molecule has 6 atom stereocenters. The van der Waals surface area contributed by atoms with Crippen LogP contribution in [0, 0.1) is 17.8 Å². The summed E-state index contributed by atoms with van der Waals surface area (Å²) in [6.07, 6.45) is 61.2. The van der Waals surface area contributed by atoms with Gasteiger partial charge in [0.15, 0.2) is 12.2 Å². The van der Waals surface area contributed by atoms with E-state index in [1.807, 2.05) is 0 Å². The maximum Gasteiger partial charge on any atom is 0.472 e. The maximum atomic E-state index is 13.1. The average Bonchev–Trinajstić information content (AvgIpc) is 0.924. The second-order valence-corrected chi connectivity index (χ2v) is 33.6. The van der Waals surface area contributed by atoms with E-state index >= 15 is 0 Å². The van der Waals surface area contributed by atoms with E-state index in [1.54, 1.807) is 0 Å². The summed E-state index contributed by atoms with van der Waals surface area (Å²) >= 11 is 0. The van der Waals surface area contributed by atoms with Crippen molar-refractivity contribution >= 4 is 39.5 Å². The Morgan fingerprint density at radius 2 is 0.505 bits per heavy atom. The Bertz CT molecular complexity index is 1960. The van der Waals surface area contributed by atoms with Crippen molar-refractivity contribution < 1.29 is 80.2 Å². The zero-order chi connectivity index (χ0) is 74.4. The Kier molecular flexibility index (Phi) is 70.9. The molecule has 0 aliphatic heterocycles. The van der Waals surface area contributed by atoms with Crippen LogP contribution in [0.25, 0.3) is 0 Å². The molecule has 3 N–H and O–H groups in total. The number of rotatable bonds is 80. The highest BCUT2D eigenvalue weighted by Crippen LogP contribution is 2.45. The van der Waals surface area contributed by atoms with Crippen LogP contribution in [0.5, 0.6) is 0 Å². The third-order valence-electron chi connectivity index (χ3n) is 19.5. The summed E-state index contributed by atoms with van der Waals surface area (Å²) in [6, 6.07) is 0. The smallest absolute Gasteiger partial charge is 0.462 e. The van der Waals surface area contributed by atoms with Crippen LogP contribution in [0.4, 0.5) is 0 Å². The molecule has 0 aliphatic carbocycles. The third kappa shape index (κ3) is 74.7. The molecule has 0 fully saturated rings. The van der Waals surface area contributed by atoms with E-state index in [-0.39, 0.29) is 25.7 Å². The molecule has 0 aromatic carbocycles. The van der Waals surface area contributed by atoms with Crippen LogP contribution in [-0.2, 0) is 65.4 Å². The van der Waals surface area contributed by atoms with Crippen LogP contribution in [0.15, 0.2) is 0 Å². The lowest BCUT2D eigenvalue weighted by Crippen LogP contribution is -2.30. The molecule has 600 valence electrons. The third-order valence-corrected chi connectivity index (χ3v) is 21.4. The fourth-order valence-electron chi connectivity index (χ4n) is 12.6. The first-order chi connectivity index (χ1) is 48.8. The Balaban J connectivity index is 5.23. The number of carbonyl (C=O) groups excluding carboxylic acids is 4. The molecule has 0 aromatic rings. The van der Waals surface area contributed by atoms with Crippen molar-refractivity contribution in [3.63, 3.8) is 0 Å². The van der Waals surface area contributed by atoms with E-state index in [1.165, 1.54) is 231 Å². The van der Waals surface area contributed by atoms with Gasteiger partial charge in [0.05, 0.1) is 26.4 Å². The van der Waals surface area contributed by atoms with Crippen molar-refractivity contribution in [2.75, 3.05) is 39.6 Å². The van der Waals surface area contributed by atoms with E-state index in [4.69, 9.17) is 37.0 Å². The highest BCUT2D eigenvalue weighted by atomic mass is 31.2. The van der Waals surface area contributed by atoms with E-state index in [9.17, 15) is 43.2 Å². The van der Waals surface area contributed by atoms with Crippen LogP contribution in [0.2, 0.25) is 0 Å². The predicted molar refractivity (Wildman–Crippen MR) is 414 cm³/mol. The Morgan fingerprint density at radius 3 is 0.752 bits per heavy atom. The van der Waals surface area contributed by atoms with E-state index in [2.05, 4.69) is 48.5 Å². The molecule has 0 bridgehead atoms. The summed E-state index contributed by atoms with van der Waals surface area (Å²) in [5.41, 5.74) is 0. The monoisotopic (exact) mass is 1480 g/mol. The van der Waals surface area contributed by atoms with Gasteiger partial charge in [-0.3, -0.25) is 37.3 Å². The van der Waals surface area contributed by atoms with Crippen molar-refractivity contribution in [1.29, 1.82) is 0 Å². The average molecular weight is 1480 g/mol. The van der Waals surface area contributed by atoms with Crippen LogP contribution < -0.4 is 0 Å². The largest absolute Gasteiger partial charge is 0.472 e. The predicted octanol–water partition coefficient (Wildman–Crippen LogP) is 24.5. The maximum absolute atomic E-state index is 13.1. The van der Waals surface area contributed by atoms with Gasteiger partial charge in [0.1, 0.15) is 19.3 Å². The van der Waals surface area contributed by atoms with Gasteiger partial charge in [0.25, 0.3) is 0 Å². The highest BCUT2D eigenvalue weighted by Gasteiger charge is 2.30. The van der Waals surface area contributed by atoms with Crippen LogP contribution in [0.3, 0.4) is 0 Å². The second-order valence-electron chi connectivity index (χ2n) is 30.7. The number of aliphatic hydroxyl groups is 1. The van der Waals surface area contributed by atoms with Crippen molar-refractivity contribution in [1.82, 2.24) is 0 Å². The van der Waals surface area contributed by atoms with Gasteiger partial charge in [-0.05, 0) is 43.4 Å². The number of phosphoric ester groups is 2. The second kappa shape index (κ2) is 72.3. The number of esters is 4. The first-order valence-electron chi connectivity index (χ1n) is 42.4. The quantitative estimate of drug-likeness (QED) is 0.0222. The number of aliphatic hydroxyl groups excluding tert-OH is 1. The van der Waals surface area contributed by atoms with E-state index in [0.717, 1.165) is 108 Å². The SMILES string of the molecule is CCCCCCCCCCCCCCCCCCCCCC(=O)O[C@H](COC(=O)CCCCCCCCCCCCCCCCC(C)CC)COP(=O)(O)OC[C@@H](O)COP(=O)(O)OC[C@@H](COC(=O)CCCCCCCCC(C)C)OC(=O)CCCCCCCCCCCCCCC(C)C. The van der Waals surface area contributed by atoms with Gasteiger partial charge in [0.2, 0.25) is 0 Å². The zero-order valence-corrected chi connectivity index (χ0v) is 68.2. The molecular weight excluding hydrogens is 1320 g/mol. The zero-order valence-electron chi connectivity index (χ0n) is 66.4. The van der Waals surface area contributed by atoms with Gasteiger partial charge >= 0.3 is 39.5 Å². The van der Waals surface area contributed by atoms with Crippen molar-refractivity contribution in [3.05, 3.63) is 0 Å². The normalized spacial score (nSPS) is 14.2. The summed E-state index contributed by atoms with van der Waals surface area (Å²) in [5, 5.41) is 10.6. The molecule has 0 saturated carbocycles. The Morgan fingerprint density at radius 1 is 0.287 bits per heavy atom. The van der Waals surface area contributed by atoms with Gasteiger partial charge in [0, 0.05) is 25.7 Å². The number of hydrogen-bond acceptors (Lipinski definition) is 15. The molecule has 101 heavy (non-hydrogen) atoms. The number of hydrogen-bond donors (Lipinski definition) is 3. The van der Waals surface area contributed by atoms with Crippen molar-refractivity contribution in [2.45, 2.75) is 446 Å². The summed E-state index contributed by atoms with van der Waals surface area (Å²) in [4.78, 5) is 73.0. The summed E-state index contributed by atoms with van der Waals surface area (Å²) in [5.74, 6) is 0.194. The molecule has 0 aromatic heterocycles. The van der Waals surface area contributed by atoms with Crippen molar-refractivity contribution in [2.24, 2.45) is 17.8 Å². The molecular formula is C82H160O17P2. The highest BCUT2D eigenvalue weighted by molar-refractivity contribution is 7.47. The minimum absolute atomic E-state index is 0.106. The Hall–Kier alpha value is -1.94. The van der Waals surface area contributed by atoms with Gasteiger partial charge in [-0.25, -0.2) is 9.13 Å². The lowest BCUT2D eigenvalue weighted by molar-refractivity contribution is -0.161. The molecule has 0 rings (SSSR count). The van der Waals surface area contributed by atoms with E-state index < -0.39 is 97.5 Å². The van der Waals surface area contributed by atoms with Gasteiger partial charge in [-0.15, -0.1) is 0 Å². The summed E-state index contributed by atoms with van der Waals surface area (Å²) in [6.45, 7) is 11.9. The first-order valence-corrected chi connectivity index (χ1v) is 45.4. The van der Waals surface area contributed by atoms with Gasteiger partial charge in [-0.1, -0.05) is 376 Å². The molecule has 0 saturated heterocycles. The molecule has 0 amide bonds. The first kappa shape index (κ1) is 99.1. The van der Waals surface area contributed by atoms with Gasteiger partial charge < -0.3 is 33.8 Å². The minimum atomic E-state index is -4.96.